The molecule has 0 unspecified atom stereocenters. The SMILES string of the molecule is CC[C@H](NC(=O)OC(C)(C)C)[C@H](Nc1nc(Nc2ccc3c(c2)c(C)nn3C)c(C#N)cc1F)C1CC1. The van der Waals surface area contributed by atoms with E-state index in [0.29, 0.717) is 12.1 Å². The average molecular weight is 508 g/mol. The number of hydrogen-bond acceptors (Lipinski definition) is 7. The number of benzene rings is 1. The lowest BCUT2D eigenvalue weighted by molar-refractivity contribution is 0.0495. The molecule has 0 bridgehead atoms. The summed E-state index contributed by atoms with van der Waals surface area (Å²) >= 11 is 0. The molecule has 0 saturated heterocycles. The van der Waals surface area contributed by atoms with Crippen LogP contribution in [0, 0.1) is 30.0 Å². The quantitative estimate of drug-likeness (QED) is 0.367. The Balaban J connectivity index is 1.60. The number of aromatic nitrogens is 3. The lowest BCUT2D eigenvalue weighted by atomic mass is 10.0. The lowest BCUT2D eigenvalue weighted by Gasteiger charge is -2.30. The summed E-state index contributed by atoms with van der Waals surface area (Å²) < 4.78 is 22.3. The van der Waals surface area contributed by atoms with E-state index in [1.165, 1.54) is 6.07 Å². The van der Waals surface area contributed by atoms with Crippen molar-refractivity contribution in [2.24, 2.45) is 13.0 Å². The molecule has 1 aliphatic carbocycles. The maximum atomic E-state index is 15.1. The van der Waals surface area contributed by atoms with Gasteiger partial charge < -0.3 is 20.7 Å². The number of alkyl carbamates (subject to hydrolysis) is 1. The second-order valence-electron chi connectivity index (χ2n) is 10.6. The molecule has 37 heavy (non-hydrogen) atoms. The van der Waals surface area contributed by atoms with Gasteiger partial charge in [-0.05, 0) is 77.1 Å². The zero-order valence-electron chi connectivity index (χ0n) is 22.1. The summed E-state index contributed by atoms with van der Waals surface area (Å²) in [4.78, 5) is 16.9. The van der Waals surface area contributed by atoms with Gasteiger partial charge in [0.05, 0.1) is 28.9 Å². The molecule has 4 rings (SSSR count). The molecule has 0 aliphatic heterocycles. The largest absolute Gasteiger partial charge is 0.444 e. The number of aryl methyl sites for hydroxylation is 2. The number of nitrogens with zero attached hydrogens (tertiary/aromatic N) is 4. The molecule has 0 spiro atoms. The van der Waals surface area contributed by atoms with Crippen molar-refractivity contribution in [3.63, 3.8) is 0 Å². The molecule has 3 aromatic rings. The molecule has 1 amide bonds. The first kappa shape index (κ1) is 26.2. The Hall–Kier alpha value is -3.87. The van der Waals surface area contributed by atoms with Crippen molar-refractivity contribution >= 4 is 34.3 Å². The van der Waals surface area contributed by atoms with E-state index >= 15 is 4.39 Å². The maximum Gasteiger partial charge on any atom is 0.407 e. The van der Waals surface area contributed by atoms with Gasteiger partial charge in [0.1, 0.15) is 11.7 Å². The Labute approximate surface area is 216 Å². The van der Waals surface area contributed by atoms with Gasteiger partial charge in [-0.25, -0.2) is 14.2 Å². The molecule has 10 heteroatoms. The predicted molar refractivity (Wildman–Crippen MR) is 141 cm³/mol. The summed E-state index contributed by atoms with van der Waals surface area (Å²) in [5.74, 6) is -0.0843. The molecular weight excluding hydrogens is 473 g/mol. The minimum Gasteiger partial charge on any atom is -0.444 e. The van der Waals surface area contributed by atoms with Gasteiger partial charge >= 0.3 is 6.09 Å². The Morgan fingerprint density at radius 3 is 2.65 bits per heavy atom. The molecule has 2 heterocycles. The van der Waals surface area contributed by atoms with Crippen molar-refractivity contribution in [3.05, 3.63) is 41.3 Å². The fourth-order valence-electron chi connectivity index (χ4n) is 4.49. The average Bonchev–Trinajstić information content (AvgIpc) is 3.62. The summed E-state index contributed by atoms with van der Waals surface area (Å²) in [7, 11) is 1.88. The van der Waals surface area contributed by atoms with Crippen LogP contribution >= 0.6 is 0 Å². The Morgan fingerprint density at radius 1 is 1.30 bits per heavy atom. The molecule has 1 fully saturated rings. The number of nitrogens with one attached hydrogen (secondary N) is 3. The van der Waals surface area contributed by atoms with Crippen molar-refractivity contribution < 1.29 is 13.9 Å². The van der Waals surface area contributed by atoms with Gasteiger partial charge in [-0.3, -0.25) is 4.68 Å². The number of rotatable bonds is 8. The first-order chi connectivity index (χ1) is 17.5. The molecule has 2 atom stereocenters. The van der Waals surface area contributed by atoms with E-state index in [-0.39, 0.29) is 35.2 Å². The Kier molecular flexibility index (Phi) is 7.25. The van der Waals surface area contributed by atoms with Crippen LogP contribution in [0.25, 0.3) is 10.9 Å². The molecule has 2 aromatic heterocycles. The minimum absolute atomic E-state index is 0.0291. The van der Waals surface area contributed by atoms with Gasteiger partial charge in [-0.1, -0.05) is 6.92 Å². The minimum atomic E-state index is -0.626. The lowest BCUT2D eigenvalue weighted by Crippen LogP contribution is -2.49. The molecule has 1 aromatic carbocycles. The number of pyridine rings is 1. The standard InChI is InChI=1S/C27H34FN7O2/c1-7-21(31-26(36)37-27(3,4)5)23(16-8-9-16)32-25-20(28)12-17(14-29)24(33-25)30-18-10-11-22-19(13-18)15(2)34-35(22)6/h10-13,16,21,23H,7-9H2,1-6H3,(H,31,36)(H2,30,32,33)/t21-,23+/m0/s1. The van der Waals surface area contributed by atoms with Crippen molar-refractivity contribution in [1.82, 2.24) is 20.1 Å². The third-order valence-corrected chi connectivity index (χ3v) is 6.40. The van der Waals surface area contributed by atoms with Crippen molar-refractivity contribution in [3.8, 4) is 6.07 Å². The van der Waals surface area contributed by atoms with Gasteiger partial charge in [0.2, 0.25) is 0 Å². The van der Waals surface area contributed by atoms with Crippen LogP contribution < -0.4 is 16.0 Å². The molecule has 1 saturated carbocycles. The van der Waals surface area contributed by atoms with Crippen LogP contribution in [-0.2, 0) is 11.8 Å². The van der Waals surface area contributed by atoms with Crippen LogP contribution in [0.2, 0.25) is 0 Å². The molecular formula is C27H34FN7O2. The number of amides is 1. The molecule has 196 valence electrons. The number of halogens is 1. The summed E-state index contributed by atoms with van der Waals surface area (Å²) in [5.41, 5.74) is 2.04. The zero-order chi connectivity index (χ0) is 26.9. The first-order valence-electron chi connectivity index (χ1n) is 12.6. The zero-order valence-corrected chi connectivity index (χ0v) is 22.1. The number of carbonyl (C=O) groups excluding carboxylic acids is 1. The Bertz CT molecular complexity index is 1350. The number of anilines is 3. The van der Waals surface area contributed by atoms with E-state index in [1.54, 1.807) is 4.68 Å². The molecule has 0 radical (unpaired) electrons. The van der Waals surface area contributed by atoms with Crippen LogP contribution in [0.1, 0.15) is 58.2 Å². The number of nitriles is 1. The van der Waals surface area contributed by atoms with E-state index in [9.17, 15) is 10.1 Å². The van der Waals surface area contributed by atoms with E-state index < -0.39 is 17.5 Å². The van der Waals surface area contributed by atoms with Crippen LogP contribution in [0.15, 0.2) is 24.3 Å². The van der Waals surface area contributed by atoms with Gasteiger partial charge in [0.15, 0.2) is 17.5 Å². The van der Waals surface area contributed by atoms with Gasteiger partial charge in [0, 0.05) is 18.1 Å². The highest BCUT2D eigenvalue weighted by molar-refractivity contribution is 5.86. The molecule has 3 N–H and O–H groups in total. The van der Waals surface area contributed by atoms with E-state index in [4.69, 9.17) is 4.74 Å². The van der Waals surface area contributed by atoms with Crippen molar-refractivity contribution in [2.75, 3.05) is 10.6 Å². The van der Waals surface area contributed by atoms with E-state index in [2.05, 4.69) is 26.0 Å². The predicted octanol–water partition coefficient (Wildman–Crippen LogP) is 5.52. The highest BCUT2D eigenvalue weighted by Crippen LogP contribution is 2.37. The number of fused-ring (bicyclic) bond motifs is 1. The van der Waals surface area contributed by atoms with Crippen molar-refractivity contribution in [2.45, 2.75) is 71.6 Å². The second kappa shape index (κ2) is 10.2. The highest BCUT2D eigenvalue weighted by Gasteiger charge is 2.38. The number of ether oxygens (including phenoxy) is 1. The summed E-state index contributed by atoms with van der Waals surface area (Å²) in [6.07, 6.45) is 2.06. The fourth-order valence-corrected chi connectivity index (χ4v) is 4.49. The summed E-state index contributed by atoms with van der Waals surface area (Å²) in [5, 5.41) is 24.4. The first-order valence-corrected chi connectivity index (χ1v) is 12.6. The van der Waals surface area contributed by atoms with Crippen LogP contribution in [-0.4, -0.2) is 38.5 Å². The normalized spacial score (nSPS) is 15.1. The van der Waals surface area contributed by atoms with Crippen molar-refractivity contribution in [1.29, 1.82) is 5.26 Å². The van der Waals surface area contributed by atoms with Crippen LogP contribution in [0.4, 0.5) is 26.5 Å². The number of carbonyl (C=O) groups is 1. The molecule has 1 aliphatic rings. The highest BCUT2D eigenvalue weighted by atomic mass is 19.1. The monoisotopic (exact) mass is 507 g/mol. The fraction of sp³-hybridized carbons (Fsp3) is 0.481. The summed E-state index contributed by atoms with van der Waals surface area (Å²) in [6.45, 7) is 9.32. The van der Waals surface area contributed by atoms with Gasteiger partial charge in [-0.2, -0.15) is 10.4 Å². The smallest absolute Gasteiger partial charge is 0.407 e. The van der Waals surface area contributed by atoms with Crippen LogP contribution in [0.3, 0.4) is 0 Å². The molecule has 9 nitrogen and oxygen atoms in total. The Morgan fingerprint density at radius 2 is 2.03 bits per heavy atom. The topological polar surface area (TPSA) is 117 Å². The number of hydrogen-bond donors (Lipinski definition) is 3. The third-order valence-electron chi connectivity index (χ3n) is 6.40. The third kappa shape index (κ3) is 6.10. The van der Waals surface area contributed by atoms with E-state index in [1.807, 2.05) is 65.9 Å². The van der Waals surface area contributed by atoms with Crippen LogP contribution in [0.5, 0.6) is 0 Å². The van der Waals surface area contributed by atoms with Gasteiger partial charge in [0.25, 0.3) is 0 Å². The van der Waals surface area contributed by atoms with E-state index in [0.717, 1.165) is 29.4 Å². The second-order valence-corrected chi connectivity index (χ2v) is 10.6. The van der Waals surface area contributed by atoms with Gasteiger partial charge in [-0.15, -0.1) is 0 Å². The summed E-state index contributed by atoms with van der Waals surface area (Å²) in [6, 6.07) is 8.41. The maximum absolute atomic E-state index is 15.1.